The molecule has 1 rings (SSSR count). The minimum absolute atomic E-state index is 0.0139. The van der Waals surface area contributed by atoms with Gasteiger partial charge in [0, 0.05) is 10.5 Å². The van der Waals surface area contributed by atoms with E-state index in [1.165, 1.54) is 6.92 Å². The van der Waals surface area contributed by atoms with E-state index in [1.807, 2.05) is 6.92 Å². The molecular formula is C15H17F5O2S. The number of benzene rings is 1. The van der Waals surface area contributed by atoms with E-state index in [1.54, 1.807) is 0 Å². The molecule has 0 saturated carbocycles. The Morgan fingerprint density at radius 1 is 1.17 bits per heavy atom. The largest absolute Gasteiger partial charge is 0.478 e. The smallest absolute Gasteiger partial charge is 0.458 e. The molecule has 0 atom stereocenters. The summed E-state index contributed by atoms with van der Waals surface area (Å²) in [5.41, 5.74) is -1.40. The molecule has 1 aromatic rings. The normalized spacial score (nSPS) is 12.5. The highest BCUT2D eigenvalue weighted by atomic mass is 32.2. The Bertz CT molecular complexity index is 570. The van der Waals surface area contributed by atoms with Crippen molar-refractivity contribution in [3.8, 4) is 0 Å². The zero-order valence-corrected chi connectivity index (χ0v) is 13.5. The second-order valence-electron chi connectivity index (χ2n) is 4.90. The third kappa shape index (κ3) is 4.16. The third-order valence-corrected chi connectivity index (χ3v) is 4.53. The maximum Gasteiger partial charge on any atom is 0.458 e. The van der Waals surface area contributed by atoms with Gasteiger partial charge in [0.2, 0.25) is 0 Å². The Labute approximate surface area is 135 Å². The van der Waals surface area contributed by atoms with Gasteiger partial charge < -0.3 is 5.11 Å². The monoisotopic (exact) mass is 356 g/mol. The lowest BCUT2D eigenvalue weighted by molar-refractivity contribution is -0.290. The minimum Gasteiger partial charge on any atom is -0.478 e. The SMILES string of the molecule is CCCCSc1c(C(F)(F)C(F)(F)F)ccc(C(=O)O)c1CC. The standard InChI is InChI=1S/C15H17F5O2S/c1-3-5-8-23-12-9(4-2)10(13(21)22)6-7-11(12)14(16,17)15(18,19)20/h6-7H,3-5,8H2,1-2H3,(H,21,22). The van der Waals surface area contributed by atoms with Crippen molar-refractivity contribution in [2.24, 2.45) is 0 Å². The van der Waals surface area contributed by atoms with Gasteiger partial charge in [0.25, 0.3) is 0 Å². The van der Waals surface area contributed by atoms with Gasteiger partial charge in [-0.1, -0.05) is 26.3 Å². The molecule has 0 aromatic heterocycles. The number of carbonyl (C=O) groups is 1. The molecule has 0 aliphatic rings. The molecule has 2 nitrogen and oxygen atoms in total. The van der Waals surface area contributed by atoms with Gasteiger partial charge in [-0.15, -0.1) is 11.8 Å². The Hall–Kier alpha value is -1.31. The first-order valence-corrected chi connectivity index (χ1v) is 8.03. The van der Waals surface area contributed by atoms with Crippen molar-refractivity contribution in [3.05, 3.63) is 28.8 Å². The van der Waals surface area contributed by atoms with Crippen LogP contribution in [0.4, 0.5) is 22.0 Å². The molecule has 0 amide bonds. The van der Waals surface area contributed by atoms with Crippen LogP contribution in [0.15, 0.2) is 17.0 Å². The highest BCUT2D eigenvalue weighted by molar-refractivity contribution is 7.99. The van der Waals surface area contributed by atoms with Crippen LogP contribution in [-0.2, 0) is 12.3 Å². The summed E-state index contributed by atoms with van der Waals surface area (Å²) in [6.07, 6.45) is -4.30. The molecule has 0 aliphatic heterocycles. The Balaban J connectivity index is 3.54. The topological polar surface area (TPSA) is 37.3 Å². The molecule has 1 N–H and O–H groups in total. The summed E-state index contributed by atoms with van der Waals surface area (Å²) in [6.45, 7) is 3.39. The van der Waals surface area contributed by atoms with E-state index in [0.29, 0.717) is 18.2 Å². The van der Waals surface area contributed by atoms with Crippen LogP contribution in [0.25, 0.3) is 0 Å². The van der Waals surface area contributed by atoms with Gasteiger partial charge in [0.15, 0.2) is 0 Å². The summed E-state index contributed by atoms with van der Waals surface area (Å²) in [5, 5.41) is 9.13. The van der Waals surface area contributed by atoms with Crippen LogP contribution in [0, 0.1) is 0 Å². The third-order valence-electron chi connectivity index (χ3n) is 3.28. The zero-order chi connectivity index (χ0) is 17.8. The van der Waals surface area contributed by atoms with Gasteiger partial charge in [0.1, 0.15) is 0 Å². The fraction of sp³-hybridized carbons (Fsp3) is 0.533. The average molecular weight is 356 g/mol. The van der Waals surface area contributed by atoms with Crippen LogP contribution >= 0.6 is 11.8 Å². The number of hydrogen-bond donors (Lipinski definition) is 1. The Morgan fingerprint density at radius 2 is 1.78 bits per heavy atom. The number of halogens is 5. The second-order valence-corrected chi connectivity index (χ2v) is 6.01. The van der Waals surface area contributed by atoms with Gasteiger partial charge >= 0.3 is 18.1 Å². The van der Waals surface area contributed by atoms with Crippen molar-refractivity contribution in [1.82, 2.24) is 0 Å². The maximum atomic E-state index is 13.8. The Morgan fingerprint density at radius 3 is 2.22 bits per heavy atom. The number of thioether (sulfide) groups is 1. The van der Waals surface area contributed by atoms with Crippen LogP contribution in [0.2, 0.25) is 0 Å². The fourth-order valence-electron chi connectivity index (χ4n) is 2.06. The summed E-state index contributed by atoms with van der Waals surface area (Å²) in [4.78, 5) is 10.9. The maximum absolute atomic E-state index is 13.8. The highest BCUT2D eigenvalue weighted by Gasteiger charge is 2.59. The van der Waals surface area contributed by atoms with Crippen molar-refractivity contribution >= 4 is 17.7 Å². The van der Waals surface area contributed by atoms with E-state index in [9.17, 15) is 26.7 Å². The molecule has 1 aromatic carbocycles. The molecule has 0 heterocycles. The summed E-state index contributed by atoms with van der Waals surface area (Å²) >= 11 is 0.854. The number of hydrogen-bond acceptors (Lipinski definition) is 2. The first-order chi connectivity index (χ1) is 10.6. The number of alkyl halides is 5. The molecule has 0 bridgehead atoms. The predicted octanol–water partition coefficient (Wildman–Crippen LogP) is 5.49. The van der Waals surface area contributed by atoms with Crippen LogP contribution in [0.1, 0.15) is 48.2 Å². The second kappa shape index (κ2) is 7.51. The van der Waals surface area contributed by atoms with E-state index in [-0.39, 0.29) is 22.4 Å². The summed E-state index contributed by atoms with van der Waals surface area (Å²) in [6, 6.07) is 1.39. The van der Waals surface area contributed by atoms with Gasteiger partial charge in [-0.05, 0) is 30.2 Å². The summed E-state index contributed by atoms with van der Waals surface area (Å²) < 4.78 is 65.7. The number of carboxylic acids is 1. The van der Waals surface area contributed by atoms with Crippen LogP contribution in [0.5, 0.6) is 0 Å². The van der Waals surface area contributed by atoms with Crippen molar-refractivity contribution in [2.45, 2.75) is 50.1 Å². The van der Waals surface area contributed by atoms with Gasteiger partial charge in [0.05, 0.1) is 5.56 Å². The number of aromatic carboxylic acids is 1. The van der Waals surface area contributed by atoms with Crippen LogP contribution < -0.4 is 0 Å². The lowest BCUT2D eigenvalue weighted by atomic mass is 9.98. The van der Waals surface area contributed by atoms with E-state index >= 15 is 0 Å². The first-order valence-electron chi connectivity index (χ1n) is 7.04. The quantitative estimate of drug-likeness (QED) is 0.399. The average Bonchev–Trinajstić information content (AvgIpc) is 2.45. The van der Waals surface area contributed by atoms with E-state index in [4.69, 9.17) is 5.11 Å². The van der Waals surface area contributed by atoms with Gasteiger partial charge in [-0.25, -0.2) is 4.79 Å². The van der Waals surface area contributed by atoms with Crippen molar-refractivity contribution in [3.63, 3.8) is 0 Å². The lowest BCUT2D eigenvalue weighted by Crippen LogP contribution is -2.34. The number of unbranched alkanes of at least 4 members (excludes halogenated alkanes) is 1. The minimum atomic E-state index is -5.73. The molecule has 0 saturated heterocycles. The molecule has 0 radical (unpaired) electrons. The summed E-state index contributed by atoms with van der Waals surface area (Å²) in [7, 11) is 0. The van der Waals surface area contributed by atoms with E-state index < -0.39 is 23.6 Å². The molecule has 130 valence electrons. The fourth-order valence-corrected chi connectivity index (χ4v) is 3.48. The van der Waals surface area contributed by atoms with Crippen molar-refractivity contribution in [2.75, 3.05) is 5.75 Å². The molecule has 0 fully saturated rings. The molecule has 8 heteroatoms. The molecule has 0 spiro atoms. The number of rotatable bonds is 7. The zero-order valence-electron chi connectivity index (χ0n) is 12.6. The predicted molar refractivity (Wildman–Crippen MR) is 78.4 cm³/mol. The summed E-state index contributed by atoms with van der Waals surface area (Å²) in [5.74, 6) is -6.03. The molecular weight excluding hydrogens is 339 g/mol. The van der Waals surface area contributed by atoms with Crippen molar-refractivity contribution in [1.29, 1.82) is 0 Å². The van der Waals surface area contributed by atoms with Crippen LogP contribution in [0.3, 0.4) is 0 Å². The van der Waals surface area contributed by atoms with Crippen molar-refractivity contribution < 1.29 is 31.9 Å². The number of carboxylic acid groups (broad SMARTS) is 1. The van der Waals surface area contributed by atoms with Gasteiger partial charge in [-0.3, -0.25) is 0 Å². The lowest BCUT2D eigenvalue weighted by Gasteiger charge is -2.24. The highest BCUT2D eigenvalue weighted by Crippen LogP contribution is 2.48. The first kappa shape index (κ1) is 19.7. The van der Waals surface area contributed by atoms with E-state index in [0.717, 1.165) is 24.2 Å². The van der Waals surface area contributed by atoms with E-state index in [2.05, 4.69) is 0 Å². The van der Waals surface area contributed by atoms with Gasteiger partial charge in [-0.2, -0.15) is 22.0 Å². The molecule has 0 aliphatic carbocycles. The molecule has 23 heavy (non-hydrogen) atoms. The van der Waals surface area contributed by atoms with Crippen LogP contribution in [-0.4, -0.2) is 23.0 Å². The molecule has 0 unspecified atom stereocenters. The Kier molecular flexibility index (Phi) is 6.44.